The van der Waals surface area contributed by atoms with Gasteiger partial charge in [-0.2, -0.15) is 0 Å². The van der Waals surface area contributed by atoms with Crippen molar-refractivity contribution < 1.29 is 0 Å². The second kappa shape index (κ2) is 5.25. The first-order valence-electron chi connectivity index (χ1n) is 7.60. The van der Waals surface area contributed by atoms with E-state index in [4.69, 9.17) is 0 Å². The van der Waals surface area contributed by atoms with Gasteiger partial charge in [0.1, 0.15) is 0 Å². The highest BCUT2D eigenvalue weighted by Crippen LogP contribution is 2.32. The second-order valence-corrected chi connectivity index (χ2v) is 5.93. The lowest BCUT2D eigenvalue weighted by Gasteiger charge is -2.40. The molecule has 0 spiro atoms. The Kier molecular flexibility index (Phi) is 3.69. The van der Waals surface area contributed by atoms with Crippen LogP contribution >= 0.6 is 0 Å². The van der Waals surface area contributed by atoms with Crippen molar-refractivity contribution in [1.82, 2.24) is 15.1 Å². The third kappa shape index (κ3) is 2.25. The van der Waals surface area contributed by atoms with E-state index in [0.29, 0.717) is 0 Å². The van der Waals surface area contributed by atoms with Crippen LogP contribution in [0.3, 0.4) is 0 Å². The van der Waals surface area contributed by atoms with Crippen LogP contribution < -0.4 is 5.32 Å². The van der Waals surface area contributed by atoms with Crippen LogP contribution in [0.4, 0.5) is 0 Å². The summed E-state index contributed by atoms with van der Waals surface area (Å²) in [5.41, 5.74) is 0. The van der Waals surface area contributed by atoms with Gasteiger partial charge >= 0.3 is 0 Å². The number of piperidine rings is 1. The fourth-order valence-corrected chi connectivity index (χ4v) is 4.32. The summed E-state index contributed by atoms with van der Waals surface area (Å²) in [6, 6.07) is 2.54. The van der Waals surface area contributed by atoms with Gasteiger partial charge in [0.15, 0.2) is 0 Å². The van der Waals surface area contributed by atoms with Crippen LogP contribution in [0.15, 0.2) is 0 Å². The van der Waals surface area contributed by atoms with E-state index in [1.54, 1.807) is 0 Å². The van der Waals surface area contributed by atoms with Gasteiger partial charge in [-0.15, -0.1) is 0 Å². The molecule has 3 heteroatoms. The number of likely N-dealkylation sites (N-methyl/N-ethyl adjacent to an activating group) is 1. The highest BCUT2D eigenvalue weighted by atomic mass is 15.3. The first kappa shape index (κ1) is 11.9. The molecule has 3 rings (SSSR count). The molecule has 3 aliphatic heterocycles. The largest absolute Gasteiger partial charge is 0.315 e. The predicted molar refractivity (Wildman–Crippen MR) is 71.3 cm³/mol. The average molecular weight is 237 g/mol. The van der Waals surface area contributed by atoms with E-state index in [2.05, 4.69) is 22.0 Å². The highest BCUT2D eigenvalue weighted by molar-refractivity contribution is 4.98. The fourth-order valence-electron chi connectivity index (χ4n) is 4.32. The molecule has 0 aromatic rings. The lowest BCUT2D eigenvalue weighted by molar-refractivity contribution is 0.0985. The summed E-state index contributed by atoms with van der Waals surface area (Å²) >= 11 is 0. The van der Waals surface area contributed by atoms with Gasteiger partial charge in [0.05, 0.1) is 0 Å². The molecule has 17 heavy (non-hydrogen) atoms. The summed E-state index contributed by atoms with van der Waals surface area (Å²) in [5, 5.41) is 3.58. The molecular weight excluding hydrogens is 210 g/mol. The number of hydrogen-bond acceptors (Lipinski definition) is 3. The van der Waals surface area contributed by atoms with Crippen molar-refractivity contribution in [3.8, 4) is 0 Å². The zero-order valence-electron chi connectivity index (χ0n) is 11.2. The third-order valence-electron chi connectivity index (χ3n) is 5.10. The van der Waals surface area contributed by atoms with Gasteiger partial charge in [-0.3, -0.25) is 9.80 Å². The number of hydrogen-bond donors (Lipinski definition) is 1. The van der Waals surface area contributed by atoms with E-state index >= 15 is 0 Å². The van der Waals surface area contributed by atoms with Gasteiger partial charge in [0.2, 0.25) is 0 Å². The van der Waals surface area contributed by atoms with E-state index < -0.39 is 0 Å². The van der Waals surface area contributed by atoms with Crippen LogP contribution in [0, 0.1) is 0 Å². The molecule has 0 radical (unpaired) electrons. The number of rotatable bonds is 3. The SMILES string of the molecule is CCN(C1CCCNC1)C1CCN2CCCC12. The molecule has 3 nitrogen and oxygen atoms in total. The zero-order valence-corrected chi connectivity index (χ0v) is 11.2. The van der Waals surface area contributed by atoms with Gasteiger partial charge < -0.3 is 5.32 Å². The lowest BCUT2D eigenvalue weighted by atomic mass is 9.99. The molecule has 1 N–H and O–H groups in total. The summed E-state index contributed by atoms with van der Waals surface area (Å²) in [5.74, 6) is 0. The summed E-state index contributed by atoms with van der Waals surface area (Å²) < 4.78 is 0. The van der Waals surface area contributed by atoms with Crippen molar-refractivity contribution in [2.75, 3.05) is 32.7 Å². The minimum atomic E-state index is 0.805. The topological polar surface area (TPSA) is 18.5 Å². The van der Waals surface area contributed by atoms with Gasteiger partial charge in [-0.05, 0) is 51.7 Å². The molecule has 0 aromatic carbocycles. The van der Waals surface area contributed by atoms with Crippen molar-refractivity contribution in [1.29, 1.82) is 0 Å². The first-order valence-corrected chi connectivity index (χ1v) is 7.60. The summed E-state index contributed by atoms with van der Waals surface area (Å²) in [7, 11) is 0. The number of fused-ring (bicyclic) bond motifs is 1. The minimum Gasteiger partial charge on any atom is -0.315 e. The van der Waals surface area contributed by atoms with Crippen LogP contribution in [0.1, 0.15) is 39.0 Å². The number of nitrogens with one attached hydrogen (secondary N) is 1. The maximum atomic E-state index is 3.58. The van der Waals surface area contributed by atoms with E-state index in [-0.39, 0.29) is 0 Å². The molecule has 0 aromatic heterocycles. The summed E-state index contributed by atoms with van der Waals surface area (Å²) in [4.78, 5) is 5.56. The highest BCUT2D eigenvalue weighted by Gasteiger charge is 2.41. The van der Waals surface area contributed by atoms with Crippen LogP contribution in [0.2, 0.25) is 0 Å². The molecule has 3 heterocycles. The molecule has 3 unspecified atom stereocenters. The Balaban J connectivity index is 1.67. The maximum Gasteiger partial charge on any atom is 0.0267 e. The molecule has 3 aliphatic rings. The van der Waals surface area contributed by atoms with Crippen LogP contribution in [0.25, 0.3) is 0 Å². The molecule has 3 atom stereocenters. The molecule has 0 bridgehead atoms. The van der Waals surface area contributed by atoms with Crippen LogP contribution in [-0.4, -0.2) is 60.6 Å². The van der Waals surface area contributed by atoms with Gasteiger partial charge in [-0.1, -0.05) is 6.92 Å². The normalized spacial score (nSPS) is 38.8. The molecular formula is C14H27N3. The van der Waals surface area contributed by atoms with E-state index in [1.807, 2.05) is 0 Å². The Morgan fingerprint density at radius 2 is 2.12 bits per heavy atom. The van der Waals surface area contributed by atoms with Crippen molar-refractivity contribution in [2.24, 2.45) is 0 Å². The van der Waals surface area contributed by atoms with E-state index in [0.717, 1.165) is 18.1 Å². The average Bonchev–Trinajstić information content (AvgIpc) is 2.96. The summed E-state index contributed by atoms with van der Waals surface area (Å²) in [6.07, 6.45) is 7.06. The fraction of sp³-hybridized carbons (Fsp3) is 1.00. The first-order chi connectivity index (χ1) is 8.40. The van der Waals surface area contributed by atoms with E-state index in [9.17, 15) is 0 Å². The molecule has 3 fully saturated rings. The molecule has 0 aliphatic carbocycles. The Morgan fingerprint density at radius 3 is 2.88 bits per heavy atom. The van der Waals surface area contributed by atoms with Gasteiger partial charge in [0.25, 0.3) is 0 Å². The lowest BCUT2D eigenvalue weighted by Crippen LogP contribution is -2.53. The third-order valence-corrected chi connectivity index (χ3v) is 5.10. The Hall–Kier alpha value is -0.120. The van der Waals surface area contributed by atoms with Crippen molar-refractivity contribution >= 4 is 0 Å². The Morgan fingerprint density at radius 1 is 1.18 bits per heavy atom. The number of nitrogens with zero attached hydrogens (tertiary/aromatic N) is 2. The Bertz CT molecular complexity index is 250. The molecule has 0 amide bonds. The van der Waals surface area contributed by atoms with Crippen molar-refractivity contribution in [2.45, 2.75) is 57.2 Å². The minimum absolute atomic E-state index is 0.805. The molecule has 0 saturated carbocycles. The van der Waals surface area contributed by atoms with Gasteiger partial charge in [0, 0.05) is 31.2 Å². The molecule has 98 valence electrons. The van der Waals surface area contributed by atoms with Crippen LogP contribution in [-0.2, 0) is 0 Å². The smallest absolute Gasteiger partial charge is 0.0267 e. The van der Waals surface area contributed by atoms with Gasteiger partial charge in [-0.25, -0.2) is 0 Å². The van der Waals surface area contributed by atoms with Crippen molar-refractivity contribution in [3.63, 3.8) is 0 Å². The van der Waals surface area contributed by atoms with E-state index in [1.165, 1.54) is 64.8 Å². The summed E-state index contributed by atoms with van der Waals surface area (Å²) in [6.45, 7) is 8.76. The Labute approximate surface area is 106 Å². The van der Waals surface area contributed by atoms with Crippen molar-refractivity contribution in [3.05, 3.63) is 0 Å². The second-order valence-electron chi connectivity index (χ2n) is 5.93. The predicted octanol–water partition coefficient (Wildman–Crippen LogP) is 1.30. The standard InChI is InChI=1S/C14H27N3/c1-2-17(12-5-3-8-15-11-12)14-7-10-16-9-4-6-13(14)16/h12-15H,2-11H2,1H3. The van der Waals surface area contributed by atoms with Crippen LogP contribution in [0.5, 0.6) is 0 Å². The zero-order chi connectivity index (χ0) is 11.7. The quantitative estimate of drug-likeness (QED) is 0.798. The maximum absolute atomic E-state index is 3.58. The monoisotopic (exact) mass is 237 g/mol. The molecule has 3 saturated heterocycles.